The predicted molar refractivity (Wildman–Crippen MR) is 68.3 cm³/mol. The van der Waals surface area contributed by atoms with Crippen LogP contribution in [0.3, 0.4) is 0 Å². The number of benzene rings is 1. The molecule has 0 amide bonds. The second kappa shape index (κ2) is 5.16. The van der Waals surface area contributed by atoms with Crippen molar-refractivity contribution in [3.05, 3.63) is 50.8 Å². The number of rotatable bonds is 3. The zero-order valence-electron chi connectivity index (χ0n) is 11.3. The average molecular weight is 283 g/mol. The summed E-state index contributed by atoms with van der Waals surface area (Å²) in [6.07, 6.45) is 0. The van der Waals surface area contributed by atoms with Crippen LogP contribution in [0.15, 0.2) is 15.3 Å². The van der Waals surface area contributed by atoms with E-state index >= 15 is 0 Å². The lowest BCUT2D eigenvalue weighted by atomic mass is 9.88. The van der Waals surface area contributed by atoms with Crippen LogP contribution in [0, 0.1) is 25.5 Å². The lowest BCUT2D eigenvalue weighted by molar-refractivity contribution is 0.392. The largest absolute Gasteiger partial charge is 0.434 e. The quantitative estimate of drug-likeness (QED) is 0.903. The maximum atomic E-state index is 14.0. The lowest BCUT2D eigenvalue weighted by Crippen LogP contribution is -2.21. The van der Waals surface area contributed by atoms with Gasteiger partial charge in [0.15, 0.2) is 11.6 Å². The first-order valence-electron chi connectivity index (χ1n) is 6.09. The van der Waals surface area contributed by atoms with Crippen LogP contribution in [-0.2, 0) is 0 Å². The molecule has 1 aromatic heterocycles. The highest BCUT2D eigenvalue weighted by Crippen LogP contribution is 2.33. The van der Waals surface area contributed by atoms with Crippen molar-refractivity contribution in [2.24, 2.45) is 5.73 Å². The summed E-state index contributed by atoms with van der Waals surface area (Å²) >= 11 is 0. The molecule has 3 N–H and O–H groups in total. The second-order valence-electron chi connectivity index (χ2n) is 4.79. The van der Waals surface area contributed by atoms with Gasteiger partial charge in [-0.15, -0.1) is 5.10 Å². The Hall–Kier alpha value is -2.02. The maximum absolute atomic E-state index is 14.0. The summed E-state index contributed by atoms with van der Waals surface area (Å²) in [5.41, 5.74) is 7.33. The van der Waals surface area contributed by atoms with Crippen LogP contribution in [0.1, 0.15) is 41.5 Å². The van der Waals surface area contributed by atoms with E-state index in [0.29, 0.717) is 11.1 Å². The van der Waals surface area contributed by atoms with E-state index in [2.05, 4.69) is 10.2 Å². The topological polar surface area (TPSA) is 84.9 Å². The number of halogens is 2. The summed E-state index contributed by atoms with van der Waals surface area (Å²) in [6.45, 7) is 5.01. The highest BCUT2D eigenvalue weighted by atomic mass is 19.2. The van der Waals surface area contributed by atoms with Crippen LogP contribution in [0.25, 0.3) is 0 Å². The molecule has 0 bridgehead atoms. The molecular formula is C13H15F2N3O2. The number of H-pyrrole nitrogens is 1. The molecule has 2 aromatic rings. The van der Waals surface area contributed by atoms with E-state index in [0.717, 1.165) is 6.07 Å². The molecule has 2 rings (SSSR count). The van der Waals surface area contributed by atoms with Crippen LogP contribution in [0.4, 0.5) is 8.78 Å². The number of aryl methyl sites for hydroxylation is 1. The molecule has 1 aromatic carbocycles. The molecule has 0 spiro atoms. The number of hydrogen-bond acceptors (Lipinski definition) is 4. The van der Waals surface area contributed by atoms with Gasteiger partial charge in [-0.1, -0.05) is 6.92 Å². The average Bonchev–Trinajstić information content (AvgIpc) is 2.82. The number of nitrogens with two attached hydrogens (primary N) is 1. The van der Waals surface area contributed by atoms with Gasteiger partial charge in [-0.25, -0.2) is 18.7 Å². The third-order valence-corrected chi connectivity index (χ3v) is 3.52. The van der Waals surface area contributed by atoms with E-state index in [4.69, 9.17) is 10.2 Å². The molecule has 7 heteroatoms. The monoisotopic (exact) mass is 283 g/mol. The van der Waals surface area contributed by atoms with Gasteiger partial charge in [-0.05, 0) is 36.6 Å². The van der Waals surface area contributed by atoms with Gasteiger partial charge in [0.25, 0.3) is 0 Å². The number of hydrogen-bond donors (Lipinski definition) is 2. The minimum absolute atomic E-state index is 0.0387. The van der Waals surface area contributed by atoms with Gasteiger partial charge in [0.05, 0.1) is 6.04 Å². The third kappa shape index (κ3) is 2.36. The van der Waals surface area contributed by atoms with Crippen molar-refractivity contribution < 1.29 is 13.2 Å². The van der Waals surface area contributed by atoms with Gasteiger partial charge in [-0.3, -0.25) is 0 Å². The molecule has 0 saturated heterocycles. The molecule has 0 aliphatic rings. The minimum atomic E-state index is -0.936. The molecule has 108 valence electrons. The Bertz CT molecular complexity index is 667. The summed E-state index contributed by atoms with van der Waals surface area (Å²) in [7, 11) is 0. The van der Waals surface area contributed by atoms with Crippen molar-refractivity contribution >= 4 is 0 Å². The highest BCUT2D eigenvalue weighted by Gasteiger charge is 2.27. The van der Waals surface area contributed by atoms with Crippen molar-refractivity contribution in [1.29, 1.82) is 0 Å². The molecule has 0 aliphatic carbocycles. The van der Waals surface area contributed by atoms with Crippen molar-refractivity contribution in [3.63, 3.8) is 0 Å². The first kappa shape index (κ1) is 14.4. The molecule has 2 unspecified atom stereocenters. The molecule has 0 aliphatic heterocycles. The summed E-state index contributed by atoms with van der Waals surface area (Å²) in [4.78, 5) is 10.9. The summed E-state index contributed by atoms with van der Waals surface area (Å²) in [5, 5.41) is 5.71. The van der Waals surface area contributed by atoms with Crippen LogP contribution in [0.2, 0.25) is 0 Å². The van der Waals surface area contributed by atoms with E-state index in [1.54, 1.807) is 20.8 Å². The Balaban J connectivity index is 2.48. The normalized spacial score (nSPS) is 14.3. The van der Waals surface area contributed by atoms with Gasteiger partial charge in [0.1, 0.15) is 0 Å². The Morgan fingerprint density at radius 2 is 2.05 bits per heavy atom. The molecule has 0 fully saturated rings. The van der Waals surface area contributed by atoms with Gasteiger partial charge in [0, 0.05) is 5.92 Å². The zero-order chi connectivity index (χ0) is 15.0. The van der Waals surface area contributed by atoms with Crippen LogP contribution >= 0.6 is 0 Å². The Morgan fingerprint density at radius 1 is 1.40 bits per heavy atom. The Labute approximate surface area is 113 Å². The van der Waals surface area contributed by atoms with Crippen molar-refractivity contribution in [2.75, 3.05) is 0 Å². The number of nitrogens with zero attached hydrogens (tertiary/aromatic N) is 1. The van der Waals surface area contributed by atoms with Gasteiger partial charge >= 0.3 is 5.76 Å². The molecule has 2 atom stereocenters. The summed E-state index contributed by atoms with van der Waals surface area (Å²) in [5.74, 6) is -3.24. The molecule has 20 heavy (non-hydrogen) atoms. The smallest absolute Gasteiger partial charge is 0.391 e. The van der Waals surface area contributed by atoms with Crippen LogP contribution in [-0.4, -0.2) is 10.2 Å². The highest BCUT2D eigenvalue weighted by molar-refractivity contribution is 5.38. The Morgan fingerprint density at radius 3 is 2.60 bits per heavy atom. The molecule has 0 radical (unpaired) electrons. The fourth-order valence-electron chi connectivity index (χ4n) is 2.19. The first-order chi connectivity index (χ1) is 9.32. The molecule has 5 nitrogen and oxygen atoms in total. The molecule has 1 heterocycles. The van der Waals surface area contributed by atoms with E-state index in [9.17, 15) is 13.6 Å². The maximum Gasteiger partial charge on any atom is 0.434 e. The Kier molecular flexibility index (Phi) is 3.71. The standard InChI is InChI=1S/C13H15F2N3O2/c1-5-4-8(14)10(15)9(6(5)2)7(3)11(16)12-17-18-13(19)20-12/h4,7,11H,16H2,1-3H3,(H,18,19). The van der Waals surface area contributed by atoms with E-state index in [1.165, 1.54) is 0 Å². The van der Waals surface area contributed by atoms with Crippen molar-refractivity contribution in [3.8, 4) is 0 Å². The fourth-order valence-corrected chi connectivity index (χ4v) is 2.19. The number of aromatic nitrogens is 2. The number of aromatic amines is 1. The van der Waals surface area contributed by atoms with Gasteiger partial charge < -0.3 is 10.2 Å². The lowest BCUT2D eigenvalue weighted by Gasteiger charge is -2.21. The van der Waals surface area contributed by atoms with E-state index in [-0.39, 0.29) is 11.5 Å². The summed E-state index contributed by atoms with van der Waals surface area (Å²) < 4.78 is 32.3. The van der Waals surface area contributed by atoms with Crippen molar-refractivity contribution in [1.82, 2.24) is 10.2 Å². The van der Waals surface area contributed by atoms with Crippen molar-refractivity contribution in [2.45, 2.75) is 32.7 Å². The zero-order valence-corrected chi connectivity index (χ0v) is 11.3. The van der Waals surface area contributed by atoms with E-state index in [1.807, 2.05) is 0 Å². The fraction of sp³-hybridized carbons (Fsp3) is 0.385. The number of nitrogens with one attached hydrogen (secondary N) is 1. The SMILES string of the molecule is Cc1cc(F)c(F)c(C(C)C(N)c2n[nH]c(=O)o2)c1C. The minimum Gasteiger partial charge on any atom is -0.391 e. The summed E-state index contributed by atoms with van der Waals surface area (Å²) in [6, 6.07) is 0.282. The second-order valence-corrected chi connectivity index (χ2v) is 4.79. The first-order valence-corrected chi connectivity index (χ1v) is 6.09. The van der Waals surface area contributed by atoms with Crippen LogP contribution in [0.5, 0.6) is 0 Å². The van der Waals surface area contributed by atoms with Gasteiger partial charge in [0.2, 0.25) is 5.89 Å². The van der Waals surface area contributed by atoms with E-state index < -0.39 is 29.4 Å². The predicted octanol–water partition coefficient (Wildman–Crippen LogP) is 2.06. The third-order valence-electron chi connectivity index (χ3n) is 3.52. The van der Waals surface area contributed by atoms with Gasteiger partial charge in [-0.2, -0.15) is 0 Å². The molecule has 0 saturated carbocycles. The van der Waals surface area contributed by atoms with Crippen LogP contribution < -0.4 is 11.5 Å². The molecular weight excluding hydrogens is 268 g/mol.